The third-order valence-corrected chi connectivity index (χ3v) is 3.22. The third kappa shape index (κ3) is 3.18. The van der Waals surface area contributed by atoms with Gasteiger partial charge in [0.25, 0.3) is 0 Å². The third-order valence-electron chi connectivity index (χ3n) is 3.22. The standard InChI is InChI=1S/C14H17NO6/c1-14(7-20-13(17)21-8-14)12(16)15-10-5-4-9(18-2)6-11(10)19-3/h4-6H,7-8H2,1-3H3,(H,15,16). The second-order valence-electron chi connectivity index (χ2n) is 4.91. The van der Waals surface area contributed by atoms with Crippen molar-refractivity contribution in [2.24, 2.45) is 5.41 Å². The predicted molar refractivity (Wildman–Crippen MR) is 73.6 cm³/mol. The molecule has 1 N–H and O–H groups in total. The van der Waals surface area contributed by atoms with Gasteiger partial charge in [-0.25, -0.2) is 4.79 Å². The summed E-state index contributed by atoms with van der Waals surface area (Å²) in [6, 6.07) is 5.04. The van der Waals surface area contributed by atoms with Crippen molar-refractivity contribution in [2.75, 3.05) is 32.8 Å². The molecule has 1 saturated heterocycles. The van der Waals surface area contributed by atoms with E-state index in [-0.39, 0.29) is 19.1 Å². The van der Waals surface area contributed by atoms with Crippen LogP contribution in [0.1, 0.15) is 6.92 Å². The lowest BCUT2D eigenvalue weighted by Crippen LogP contribution is -2.46. The maximum Gasteiger partial charge on any atom is 0.508 e. The van der Waals surface area contributed by atoms with Crippen LogP contribution in [0.4, 0.5) is 10.5 Å². The van der Waals surface area contributed by atoms with Crippen LogP contribution in [0, 0.1) is 5.41 Å². The molecule has 2 rings (SSSR count). The minimum atomic E-state index is -0.946. The molecule has 114 valence electrons. The lowest BCUT2D eigenvalue weighted by atomic mass is 9.91. The van der Waals surface area contributed by atoms with Gasteiger partial charge in [0.05, 0.1) is 19.9 Å². The molecule has 0 aliphatic carbocycles. The Kier molecular flexibility index (Phi) is 4.21. The van der Waals surface area contributed by atoms with Crippen molar-refractivity contribution in [3.05, 3.63) is 18.2 Å². The number of nitrogens with one attached hydrogen (secondary N) is 1. The van der Waals surface area contributed by atoms with E-state index >= 15 is 0 Å². The number of amides is 1. The number of cyclic esters (lactones) is 2. The Hall–Kier alpha value is -2.44. The molecule has 1 aromatic rings. The lowest BCUT2D eigenvalue weighted by Gasteiger charge is -2.30. The Morgan fingerprint density at radius 1 is 1.24 bits per heavy atom. The highest BCUT2D eigenvalue weighted by Crippen LogP contribution is 2.31. The molecule has 1 aliphatic heterocycles. The van der Waals surface area contributed by atoms with Crippen LogP contribution >= 0.6 is 0 Å². The van der Waals surface area contributed by atoms with E-state index in [9.17, 15) is 9.59 Å². The number of carbonyl (C=O) groups is 2. The fourth-order valence-corrected chi connectivity index (χ4v) is 1.83. The van der Waals surface area contributed by atoms with E-state index in [0.717, 1.165) is 0 Å². The number of benzene rings is 1. The van der Waals surface area contributed by atoms with Crippen LogP contribution in [0.15, 0.2) is 18.2 Å². The zero-order valence-corrected chi connectivity index (χ0v) is 12.1. The summed E-state index contributed by atoms with van der Waals surface area (Å²) >= 11 is 0. The number of hydrogen-bond donors (Lipinski definition) is 1. The summed E-state index contributed by atoms with van der Waals surface area (Å²) in [5.74, 6) is 0.768. The maximum atomic E-state index is 12.3. The van der Waals surface area contributed by atoms with Gasteiger partial charge in [0, 0.05) is 6.07 Å². The van der Waals surface area contributed by atoms with Gasteiger partial charge in [0.15, 0.2) is 0 Å². The molecule has 1 amide bonds. The minimum absolute atomic E-state index is 0.0316. The summed E-state index contributed by atoms with van der Waals surface area (Å²) in [6.45, 7) is 1.59. The second kappa shape index (κ2) is 5.90. The Balaban J connectivity index is 2.14. The molecule has 7 heteroatoms. The number of rotatable bonds is 4. The predicted octanol–water partition coefficient (Wildman–Crippen LogP) is 1.82. The highest BCUT2D eigenvalue weighted by molar-refractivity contribution is 5.97. The van der Waals surface area contributed by atoms with Crippen molar-refractivity contribution in [1.82, 2.24) is 0 Å². The first-order valence-electron chi connectivity index (χ1n) is 6.31. The van der Waals surface area contributed by atoms with Crippen LogP contribution < -0.4 is 14.8 Å². The molecule has 1 fully saturated rings. The van der Waals surface area contributed by atoms with Crippen molar-refractivity contribution in [3.8, 4) is 11.5 Å². The van der Waals surface area contributed by atoms with E-state index in [1.54, 1.807) is 32.2 Å². The number of carbonyl (C=O) groups excluding carboxylic acids is 2. The molecule has 0 saturated carbocycles. The van der Waals surface area contributed by atoms with Crippen molar-refractivity contribution in [3.63, 3.8) is 0 Å². The smallest absolute Gasteiger partial charge is 0.497 e. The summed E-state index contributed by atoms with van der Waals surface area (Å²) in [4.78, 5) is 23.2. The molecule has 0 radical (unpaired) electrons. The monoisotopic (exact) mass is 295 g/mol. The van der Waals surface area contributed by atoms with Gasteiger partial charge in [-0.3, -0.25) is 4.79 Å². The van der Waals surface area contributed by atoms with Gasteiger partial charge in [-0.2, -0.15) is 0 Å². The number of anilines is 1. The zero-order chi connectivity index (χ0) is 15.5. The van der Waals surface area contributed by atoms with Crippen LogP contribution in [0.2, 0.25) is 0 Å². The summed E-state index contributed by atoms with van der Waals surface area (Å²) in [7, 11) is 3.04. The van der Waals surface area contributed by atoms with E-state index < -0.39 is 11.6 Å². The molecular formula is C14H17NO6. The second-order valence-corrected chi connectivity index (χ2v) is 4.91. The number of hydrogen-bond acceptors (Lipinski definition) is 6. The fraction of sp³-hybridized carbons (Fsp3) is 0.429. The van der Waals surface area contributed by atoms with Crippen molar-refractivity contribution >= 4 is 17.7 Å². The molecule has 0 atom stereocenters. The summed E-state index contributed by atoms with van der Waals surface area (Å²) in [5, 5.41) is 2.75. The minimum Gasteiger partial charge on any atom is -0.497 e. The van der Waals surface area contributed by atoms with Crippen LogP contribution in [0.25, 0.3) is 0 Å². The van der Waals surface area contributed by atoms with Gasteiger partial charge in [-0.05, 0) is 19.1 Å². The summed E-state index contributed by atoms with van der Waals surface area (Å²) in [6.07, 6.45) is -0.762. The largest absolute Gasteiger partial charge is 0.508 e. The van der Waals surface area contributed by atoms with Crippen molar-refractivity contribution in [1.29, 1.82) is 0 Å². The summed E-state index contributed by atoms with van der Waals surface area (Å²) < 4.78 is 19.9. The van der Waals surface area contributed by atoms with Crippen molar-refractivity contribution < 1.29 is 28.5 Å². The molecular weight excluding hydrogens is 278 g/mol. The highest BCUT2D eigenvalue weighted by Gasteiger charge is 2.40. The molecule has 1 heterocycles. The Labute approximate surface area is 122 Å². The fourth-order valence-electron chi connectivity index (χ4n) is 1.83. The average molecular weight is 295 g/mol. The van der Waals surface area contributed by atoms with Crippen LogP contribution in [0.3, 0.4) is 0 Å². The Bertz CT molecular complexity index is 546. The van der Waals surface area contributed by atoms with Crippen LogP contribution in [-0.4, -0.2) is 39.5 Å². The van der Waals surface area contributed by atoms with Gasteiger partial charge in [0.1, 0.15) is 30.1 Å². The van der Waals surface area contributed by atoms with Gasteiger partial charge >= 0.3 is 6.16 Å². The zero-order valence-electron chi connectivity index (χ0n) is 12.1. The van der Waals surface area contributed by atoms with E-state index in [1.165, 1.54) is 7.11 Å². The van der Waals surface area contributed by atoms with Crippen molar-refractivity contribution in [2.45, 2.75) is 6.92 Å². The first-order chi connectivity index (χ1) is 9.98. The van der Waals surface area contributed by atoms with E-state index in [0.29, 0.717) is 17.2 Å². The number of methoxy groups -OCH3 is 2. The van der Waals surface area contributed by atoms with Crippen LogP contribution in [0.5, 0.6) is 11.5 Å². The Morgan fingerprint density at radius 2 is 1.90 bits per heavy atom. The maximum absolute atomic E-state index is 12.3. The highest BCUT2D eigenvalue weighted by atomic mass is 16.7. The topological polar surface area (TPSA) is 83.1 Å². The number of ether oxygens (including phenoxy) is 4. The van der Waals surface area contributed by atoms with Crippen LogP contribution in [-0.2, 0) is 14.3 Å². The first kappa shape index (κ1) is 15.0. The normalized spacial score (nSPS) is 16.4. The molecule has 21 heavy (non-hydrogen) atoms. The van der Waals surface area contributed by atoms with E-state index in [1.807, 2.05) is 0 Å². The molecule has 1 aliphatic rings. The molecule has 0 unspecified atom stereocenters. The first-order valence-corrected chi connectivity index (χ1v) is 6.31. The SMILES string of the molecule is COc1ccc(NC(=O)C2(C)COC(=O)OC2)c(OC)c1. The molecule has 0 bridgehead atoms. The quantitative estimate of drug-likeness (QED) is 0.853. The van der Waals surface area contributed by atoms with E-state index in [4.69, 9.17) is 18.9 Å². The van der Waals surface area contributed by atoms with Gasteiger partial charge in [0.2, 0.25) is 5.91 Å². The molecule has 0 aromatic heterocycles. The lowest BCUT2D eigenvalue weighted by molar-refractivity contribution is -0.135. The summed E-state index contributed by atoms with van der Waals surface area (Å²) in [5.41, 5.74) is -0.444. The molecule has 1 aromatic carbocycles. The van der Waals surface area contributed by atoms with Gasteiger partial charge in [-0.15, -0.1) is 0 Å². The average Bonchev–Trinajstić information content (AvgIpc) is 2.50. The molecule has 0 spiro atoms. The van der Waals surface area contributed by atoms with Gasteiger partial charge < -0.3 is 24.3 Å². The van der Waals surface area contributed by atoms with E-state index in [2.05, 4.69) is 5.32 Å². The molecule has 7 nitrogen and oxygen atoms in total. The Morgan fingerprint density at radius 3 is 2.48 bits per heavy atom. The van der Waals surface area contributed by atoms with Gasteiger partial charge in [-0.1, -0.05) is 0 Å².